The zero-order valence-electron chi connectivity index (χ0n) is 11.9. The number of carbonyl (C=O) groups is 2. The zero-order valence-corrected chi connectivity index (χ0v) is 12.7. The predicted molar refractivity (Wildman–Crippen MR) is 74.7 cm³/mol. The molecule has 5 nitrogen and oxygen atoms in total. The molecule has 0 aromatic heterocycles. The van der Waals surface area contributed by atoms with Crippen LogP contribution < -0.4 is 0 Å². The van der Waals surface area contributed by atoms with Gasteiger partial charge in [0.05, 0.1) is 6.61 Å². The van der Waals surface area contributed by atoms with Crippen LogP contribution >= 0.6 is 11.8 Å². The summed E-state index contributed by atoms with van der Waals surface area (Å²) in [4.78, 5) is 26.8. The molecule has 18 heavy (non-hydrogen) atoms. The van der Waals surface area contributed by atoms with Crippen LogP contribution in [-0.2, 0) is 14.3 Å². The maximum absolute atomic E-state index is 11.9. The molecule has 0 atom stereocenters. The summed E-state index contributed by atoms with van der Waals surface area (Å²) >= 11 is 1.71. The molecule has 0 bridgehead atoms. The molecule has 2 amide bonds. The van der Waals surface area contributed by atoms with E-state index in [1.165, 1.54) is 9.80 Å². The molecule has 0 saturated heterocycles. The van der Waals surface area contributed by atoms with Gasteiger partial charge in [-0.1, -0.05) is 0 Å². The van der Waals surface area contributed by atoms with Gasteiger partial charge in [-0.05, 0) is 12.7 Å². The van der Waals surface area contributed by atoms with E-state index >= 15 is 0 Å². The van der Waals surface area contributed by atoms with Crippen molar-refractivity contribution in [2.45, 2.75) is 6.42 Å². The Bertz CT molecular complexity index is 250. The van der Waals surface area contributed by atoms with Crippen molar-refractivity contribution in [2.75, 3.05) is 53.4 Å². The van der Waals surface area contributed by atoms with Crippen LogP contribution in [0.5, 0.6) is 0 Å². The number of thioether (sulfide) groups is 1. The number of nitrogens with zero attached hydrogens (tertiary/aromatic N) is 2. The third-order valence-corrected chi connectivity index (χ3v) is 3.04. The number of amides is 2. The summed E-state index contributed by atoms with van der Waals surface area (Å²) in [5.41, 5.74) is 0. The highest BCUT2D eigenvalue weighted by Crippen LogP contribution is 2.10. The van der Waals surface area contributed by atoms with Crippen molar-refractivity contribution in [1.29, 1.82) is 0 Å². The summed E-state index contributed by atoms with van der Waals surface area (Å²) in [5.74, 6) is -0.0397. The second-order valence-corrected chi connectivity index (χ2v) is 5.40. The van der Waals surface area contributed by atoms with Crippen LogP contribution in [0, 0.1) is 5.92 Å². The van der Waals surface area contributed by atoms with E-state index in [9.17, 15) is 9.59 Å². The Kier molecular flexibility index (Phi) is 8.83. The lowest BCUT2D eigenvalue weighted by Gasteiger charge is -2.22. The van der Waals surface area contributed by atoms with Gasteiger partial charge >= 0.3 is 0 Å². The average molecular weight is 276 g/mol. The Morgan fingerprint density at radius 1 is 1.06 bits per heavy atom. The van der Waals surface area contributed by atoms with Crippen LogP contribution in [0.3, 0.4) is 0 Å². The van der Waals surface area contributed by atoms with E-state index in [2.05, 4.69) is 0 Å². The van der Waals surface area contributed by atoms with Gasteiger partial charge in [0.1, 0.15) is 5.92 Å². The molecule has 0 aromatic carbocycles. The Labute approximate surface area is 114 Å². The van der Waals surface area contributed by atoms with E-state index in [4.69, 9.17) is 4.74 Å². The van der Waals surface area contributed by atoms with E-state index in [-0.39, 0.29) is 11.8 Å². The minimum Gasteiger partial charge on any atom is -0.381 e. The van der Waals surface area contributed by atoms with E-state index in [1.54, 1.807) is 40.0 Å². The van der Waals surface area contributed by atoms with Gasteiger partial charge < -0.3 is 14.5 Å². The van der Waals surface area contributed by atoms with Crippen LogP contribution in [-0.4, -0.2) is 75.0 Å². The average Bonchev–Trinajstić information content (AvgIpc) is 2.32. The summed E-state index contributed by atoms with van der Waals surface area (Å²) in [6.07, 6.45) is 2.44. The van der Waals surface area contributed by atoms with Crippen molar-refractivity contribution in [3.63, 3.8) is 0 Å². The van der Waals surface area contributed by atoms with Gasteiger partial charge in [0.15, 0.2) is 0 Å². The highest BCUT2D eigenvalue weighted by molar-refractivity contribution is 7.98. The molecule has 0 saturated carbocycles. The van der Waals surface area contributed by atoms with Crippen LogP contribution in [0.25, 0.3) is 0 Å². The first kappa shape index (κ1) is 17.2. The largest absolute Gasteiger partial charge is 0.381 e. The molecule has 0 aromatic rings. The molecule has 0 aliphatic heterocycles. The monoisotopic (exact) mass is 276 g/mol. The fourth-order valence-corrected chi connectivity index (χ4v) is 1.71. The smallest absolute Gasteiger partial charge is 0.234 e. The zero-order chi connectivity index (χ0) is 14.1. The van der Waals surface area contributed by atoms with Gasteiger partial charge in [0, 0.05) is 40.6 Å². The third kappa shape index (κ3) is 6.26. The summed E-state index contributed by atoms with van der Waals surface area (Å²) < 4.78 is 5.40. The standard InChI is InChI=1S/C12H24N2O3S/c1-13(2)11(15)10(12(16)14(3)4)6-7-17-8-9-18-5/h10H,6-9H2,1-5H3. The van der Waals surface area contributed by atoms with Gasteiger partial charge in [-0.15, -0.1) is 0 Å². The first-order valence-corrected chi connectivity index (χ1v) is 7.30. The molecule has 6 heteroatoms. The van der Waals surface area contributed by atoms with Gasteiger partial charge in [-0.2, -0.15) is 11.8 Å². The summed E-state index contributed by atoms with van der Waals surface area (Å²) in [6, 6.07) is 0. The van der Waals surface area contributed by atoms with E-state index in [1.807, 2.05) is 6.26 Å². The third-order valence-electron chi connectivity index (χ3n) is 2.46. The number of carbonyl (C=O) groups excluding carboxylic acids is 2. The normalized spacial score (nSPS) is 10.6. The quantitative estimate of drug-likeness (QED) is 0.480. The topological polar surface area (TPSA) is 49.9 Å². The molecule has 0 rings (SSSR count). The Balaban J connectivity index is 4.31. The van der Waals surface area contributed by atoms with Crippen molar-refractivity contribution in [1.82, 2.24) is 9.80 Å². The lowest BCUT2D eigenvalue weighted by Crippen LogP contribution is -2.40. The van der Waals surface area contributed by atoms with Crippen molar-refractivity contribution < 1.29 is 14.3 Å². The SMILES string of the molecule is CSCCOCCC(C(=O)N(C)C)C(=O)N(C)C. The number of ether oxygens (including phenoxy) is 1. The van der Waals surface area contributed by atoms with E-state index in [0.29, 0.717) is 19.6 Å². The predicted octanol–water partition coefficient (Wildman–Crippen LogP) is 0.549. The maximum atomic E-state index is 11.9. The molecule has 0 fully saturated rings. The number of rotatable bonds is 8. The Morgan fingerprint density at radius 3 is 1.94 bits per heavy atom. The van der Waals surface area contributed by atoms with E-state index < -0.39 is 5.92 Å². The number of hydrogen-bond donors (Lipinski definition) is 0. The van der Waals surface area contributed by atoms with Gasteiger partial charge in [0.25, 0.3) is 0 Å². The Morgan fingerprint density at radius 2 is 1.56 bits per heavy atom. The van der Waals surface area contributed by atoms with Crippen molar-refractivity contribution in [2.24, 2.45) is 5.92 Å². The second kappa shape index (κ2) is 9.22. The first-order valence-electron chi connectivity index (χ1n) is 5.90. The maximum Gasteiger partial charge on any atom is 0.234 e. The van der Waals surface area contributed by atoms with Crippen LogP contribution in [0.2, 0.25) is 0 Å². The highest BCUT2D eigenvalue weighted by Gasteiger charge is 2.28. The molecule has 0 aliphatic rings. The fourth-order valence-electron chi connectivity index (χ4n) is 1.42. The molecule has 106 valence electrons. The van der Waals surface area contributed by atoms with Crippen molar-refractivity contribution in [3.8, 4) is 0 Å². The van der Waals surface area contributed by atoms with E-state index in [0.717, 1.165) is 5.75 Å². The van der Waals surface area contributed by atoms with Crippen LogP contribution in [0.1, 0.15) is 6.42 Å². The van der Waals surface area contributed by atoms with Gasteiger partial charge in [-0.3, -0.25) is 9.59 Å². The summed E-state index contributed by atoms with van der Waals surface area (Å²) in [6.45, 7) is 1.09. The summed E-state index contributed by atoms with van der Waals surface area (Å²) in [7, 11) is 6.64. The first-order chi connectivity index (χ1) is 8.41. The lowest BCUT2D eigenvalue weighted by molar-refractivity contribution is -0.145. The molecule has 0 spiro atoms. The molecule has 0 N–H and O–H groups in total. The number of hydrogen-bond acceptors (Lipinski definition) is 4. The van der Waals surface area contributed by atoms with Gasteiger partial charge in [-0.25, -0.2) is 0 Å². The minimum absolute atomic E-state index is 0.165. The fraction of sp³-hybridized carbons (Fsp3) is 0.833. The molecular formula is C12H24N2O3S. The molecule has 0 aliphatic carbocycles. The lowest BCUT2D eigenvalue weighted by atomic mass is 10.0. The van der Waals surface area contributed by atoms with Crippen molar-refractivity contribution in [3.05, 3.63) is 0 Å². The van der Waals surface area contributed by atoms with Crippen LogP contribution in [0.4, 0.5) is 0 Å². The Hall–Kier alpha value is -0.750. The molecular weight excluding hydrogens is 252 g/mol. The molecule has 0 radical (unpaired) electrons. The molecule has 0 heterocycles. The van der Waals surface area contributed by atoms with Gasteiger partial charge in [0.2, 0.25) is 11.8 Å². The van der Waals surface area contributed by atoms with Crippen LogP contribution in [0.15, 0.2) is 0 Å². The second-order valence-electron chi connectivity index (χ2n) is 4.41. The highest BCUT2D eigenvalue weighted by atomic mass is 32.2. The summed E-state index contributed by atoms with van der Waals surface area (Å²) in [5, 5.41) is 0. The minimum atomic E-state index is -0.635. The van der Waals surface area contributed by atoms with Crippen molar-refractivity contribution >= 4 is 23.6 Å². The molecule has 0 unspecified atom stereocenters.